The van der Waals surface area contributed by atoms with E-state index in [1.54, 1.807) is 11.8 Å². The zero-order valence-corrected chi connectivity index (χ0v) is 21.6. The highest BCUT2D eigenvalue weighted by molar-refractivity contribution is 5.95. The van der Waals surface area contributed by atoms with Crippen LogP contribution < -0.4 is 4.90 Å². The van der Waals surface area contributed by atoms with Crippen molar-refractivity contribution in [2.75, 3.05) is 24.6 Å². The Balaban J connectivity index is 1.44. The minimum Gasteiger partial charge on any atom is -0.466 e. The van der Waals surface area contributed by atoms with E-state index in [4.69, 9.17) is 4.74 Å². The molecular weight excluding hydrogens is 452 g/mol. The van der Waals surface area contributed by atoms with Gasteiger partial charge in [0.15, 0.2) is 0 Å². The Hall–Kier alpha value is -3.15. The summed E-state index contributed by atoms with van der Waals surface area (Å²) in [5.41, 5.74) is 4.06. The number of rotatable bonds is 8. The van der Waals surface area contributed by atoms with E-state index < -0.39 is 0 Å². The summed E-state index contributed by atoms with van der Waals surface area (Å²) in [6.07, 6.45) is 6.00. The molecule has 0 unspecified atom stereocenters. The van der Waals surface area contributed by atoms with Crippen LogP contribution in [-0.2, 0) is 32.1 Å². The molecule has 1 aliphatic carbocycles. The molecule has 192 valence electrons. The van der Waals surface area contributed by atoms with Gasteiger partial charge < -0.3 is 14.5 Å². The van der Waals surface area contributed by atoms with Gasteiger partial charge in [-0.25, -0.2) is 0 Å². The third-order valence-electron chi connectivity index (χ3n) is 7.39. The first-order valence-corrected chi connectivity index (χ1v) is 13.3. The standard InChI is InChI=1S/C30H38N2O4/c1-3-36-30(35)26-12-7-17-31(21-26)28(33)19-23-13-15-27(16-14-23)32(29(34)25-10-4-5-11-25)20-24-9-6-8-22(2)18-24/h6,8-9,13-16,18,25-26H,3-5,7,10-12,17,19-21H2,1-2H3/t26-/m1/s1. The third kappa shape index (κ3) is 6.54. The number of aryl methyl sites for hydroxylation is 1. The van der Waals surface area contributed by atoms with E-state index in [2.05, 4.69) is 25.1 Å². The molecule has 1 saturated carbocycles. The van der Waals surface area contributed by atoms with Gasteiger partial charge in [-0.2, -0.15) is 0 Å². The van der Waals surface area contributed by atoms with Gasteiger partial charge in [0.2, 0.25) is 11.8 Å². The number of hydrogen-bond acceptors (Lipinski definition) is 4. The zero-order chi connectivity index (χ0) is 25.5. The van der Waals surface area contributed by atoms with Crippen LogP contribution in [0.4, 0.5) is 5.69 Å². The van der Waals surface area contributed by atoms with E-state index in [-0.39, 0.29) is 36.0 Å². The SMILES string of the molecule is CCOC(=O)[C@@H]1CCCN(C(=O)Cc2ccc(N(Cc3cccc(C)c3)C(=O)C3CCCC3)cc2)C1. The predicted molar refractivity (Wildman–Crippen MR) is 140 cm³/mol. The van der Waals surface area contributed by atoms with Crippen LogP contribution in [0.25, 0.3) is 0 Å². The van der Waals surface area contributed by atoms with Gasteiger partial charge >= 0.3 is 5.97 Å². The predicted octanol–water partition coefficient (Wildman–Crippen LogP) is 5.06. The van der Waals surface area contributed by atoms with Gasteiger partial charge in [-0.05, 0) is 62.8 Å². The van der Waals surface area contributed by atoms with E-state index in [0.717, 1.165) is 55.3 Å². The number of ether oxygens (including phenoxy) is 1. The van der Waals surface area contributed by atoms with Crippen LogP contribution in [0.5, 0.6) is 0 Å². The molecule has 0 N–H and O–H groups in total. The van der Waals surface area contributed by atoms with Gasteiger partial charge in [0.1, 0.15) is 0 Å². The van der Waals surface area contributed by atoms with E-state index in [1.807, 2.05) is 35.2 Å². The fourth-order valence-electron chi connectivity index (χ4n) is 5.42. The van der Waals surface area contributed by atoms with E-state index in [1.165, 1.54) is 5.56 Å². The van der Waals surface area contributed by atoms with Crippen molar-refractivity contribution in [1.82, 2.24) is 4.90 Å². The van der Waals surface area contributed by atoms with Gasteiger partial charge in [0.25, 0.3) is 0 Å². The molecule has 0 radical (unpaired) electrons. The molecule has 1 saturated heterocycles. The van der Waals surface area contributed by atoms with E-state index in [0.29, 0.717) is 26.2 Å². The summed E-state index contributed by atoms with van der Waals surface area (Å²) in [6.45, 7) is 5.87. The summed E-state index contributed by atoms with van der Waals surface area (Å²) < 4.78 is 5.16. The molecule has 2 aliphatic rings. The van der Waals surface area contributed by atoms with Crippen molar-refractivity contribution < 1.29 is 19.1 Å². The first kappa shape index (κ1) is 25.9. The largest absolute Gasteiger partial charge is 0.466 e. The van der Waals surface area contributed by atoms with Gasteiger partial charge in [-0.1, -0.05) is 54.8 Å². The van der Waals surface area contributed by atoms with Crippen LogP contribution in [-0.4, -0.2) is 42.4 Å². The van der Waals surface area contributed by atoms with Crippen molar-refractivity contribution in [2.45, 2.75) is 65.3 Å². The van der Waals surface area contributed by atoms with Crippen LogP contribution in [0, 0.1) is 18.8 Å². The highest BCUT2D eigenvalue weighted by Crippen LogP contribution is 2.30. The summed E-state index contributed by atoms with van der Waals surface area (Å²) in [4.78, 5) is 42.3. The van der Waals surface area contributed by atoms with Gasteiger partial charge in [-0.15, -0.1) is 0 Å². The first-order chi connectivity index (χ1) is 17.4. The van der Waals surface area contributed by atoms with Crippen molar-refractivity contribution in [3.63, 3.8) is 0 Å². The maximum atomic E-state index is 13.5. The second-order valence-electron chi connectivity index (χ2n) is 10.2. The van der Waals surface area contributed by atoms with Gasteiger partial charge in [0.05, 0.1) is 25.5 Å². The quantitative estimate of drug-likeness (QED) is 0.485. The third-order valence-corrected chi connectivity index (χ3v) is 7.39. The van der Waals surface area contributed by atoms with Crippen molar-refractivity contribution in [3.05, 3.63) is 65.2 Å². The van der Waals surface area contributed by atoms with Crippen LogP contribution in [0.15, 0.2) is 48.5 Å². The van der Waals surface area contributed by atoms with Crippen molar-refractivity contribution in [3.8, 4) is 0 Å². The lowest BCUT2D eigenvalue weighted by atomic mass is 9.97. The Labute approximate surface area is 214 Å². The number of nitrogens with zero attached hydrogens (tertiary/aromatic N) is 2. The van der Waals surface area contributed by atoms with E-state index >= 15 is 0 Å². The molecule has 2 aromatic rings. The summed E-state index contributed by atoms with van der Waals surface area (Å²) in [6, 6.07) is 16.1. The number of amides is 2. The molecule has 1 heterocycles. The average Bonchev–Trinajstić information content (AvgIpc) is 3.43. The van der Waals surface area contributed by atoms with Gasteiger partial charge in [-0.3, -0.25) is 14.4 Å². The second-order valence-corrected chi connectivity index (χ2v) is 10.2. The molecular formula is C30H38N2O4. The number of carbonyl (C=O) groups is 3. The highest BCUT2D eigenvalue weighted by atomic mass is 16.5. The maximum absolute atomic E-state index is 13.5. The number of carbonyl (C=O) groups excluding carboxylic acids is 3. The summed E-state index contributed by atoms with van der Waals surface area (Å²) in [5.74, 6) is -0.143. The molecule has 6 nitrogen and oxygen atoms in total. The fourth-order valence-corrected chi connectivity index (χ4v) is 5.42. The number of likely N-dealkylation sites (tertiary alicyclic amines) is 1. The molecule has 4 rings (SSSR count). The Kier molecular flexibility index (Phi) is 8.79. The molecule has 2 amide bonds. The van der Waals surface area contributed by atoms with Crippen molar-refractivity contribution >= 4 is 23.5 Å². The minimum atomic E-state index is -0.234. The molecule has 1 atom stereocenters. The number of hydrogen-bond donors (Lipinski definition) is 0. The first-order valence-electron chi connectivity index (χ1n) is 13.3. The molecule has 0 spiro atoms. The molecule has 2 aromatic carbocycles. The topological polar surface area (TPSA) is 66.9 Å². The molecule has 6 heteroatoms. The number of esters is 1. The summed E-state index contributed by atoms with van der Waals surface area (Å²) in [7, 11) is 0. The van der Waals surface area contributed by atoms with Crippen LogP contribution >= 0.6 is 0 Å². The average molecular weight is 491 g/mol. The smallest absolute Gasteiger partial charge is 0.310 e. The van der Waals surface area contributed by atoms with Gasteiger partial charge in [0, 0.05) is 24.7 Å². The summed E-state index contributed by atoms with van der Waals surface area (Å²) >= 11 is 0. The fraction of sp³-hybridized carbons (Fsp3) is 0.500. The Morgan fingerprint density at radius 3 is 2.36 bits per heavy atom. The monoisotopic (exact) mass is 490 g/mol. The number of anilines is 1. The van der Waals surface area contributed by atoms with E-state index in [9.17, 15) is 14.4 Å². The molecule has 36 heavy (non-hydrogen) atoms. The Bertz CT molecular complexity index is 1060. The van der Waals surface area contributed by atoms with Crippen LogP contribution in [0.1, 0.15) is 62.1 Å². The zero-order valence-electron chi connectivity index (χ0n) is 21.6. The highest BCUT2D eigenvalue weighted by Gasteiger charge is 2.30. The molecule has 2 fully saturated rings. The van der Waals surface area contributed by atoms with Crippen molar-refractivity contribution in [1.29, 1.82) is 0 Å². The summed E-state index contributed by atoms with van der Waals surface area (Å²) in [5, 5.41) is 0. The Morgan fingerprint density at radius 2 is 1.67 bits per heavy atom. The number of benzene rings is 2. The van der Waals surface area contributed by atoms with Crippen LogP contribution in [0.3, 0.4) is 0 Å². The van der Waals surface area contributed by atoms with Crippen LogP contribution in [0.2, 0.25) is 0 Å². The molecule has 1 aliphatic heterocycles. The normalized spacial score (nSPS) is 18.2. The lowest BCUT2D eigenvalue weighted by molar-refractivity contribution is -0.151. The van der Waals surface area contributed by atoms with Crippen molar-refractivity contribution in [2.24, 2.45) is 11.8 Å². The molecule has 0 bridgehead atoms. The lowest BCUT2D eigenvalue weighted by Gasteiger charge is -2.31. The minimum absolute atomic E-state index is 0.0235. The Morgan fingerprint density at radius 1 is 0.944 bits per heavy atom. The molecule has 0 aromatic heterocycles. The lowest BCUT2D eigenvalue weighted by Crippen LogP contribution is -2.43. The maximum Gasteiger partial charge on any atom is 0.310 e. The second kappa shape index (κ2) is 12.2. The number of piperidine rings is 1.